The molecule has 0 unspecified atom stereocenters. The lowest BCUT2D eigenvalue weighted by Gasteiger charge is -2.34. The highest BCUT2D eigenvalue weighted by atomic mass is 32.2. The summed E-state index contributed by atoms with van der Waals surface area (Å²) in [6.45, 7) is 6.39. The van der Waals surface area contributed by atoms with Crippen LogP contribution >= 0.6 is 11.3 Å². The van der Waals surface area contributed by atoms with Gasteiger partial charge in [-0.1, -0.05) is 11.3 Å². The number of aryl methyl sites for hydroxylation is 2. The van der Waals surface area contributed by atoms with Crippen molar-refractivity contribution in [3.8, 4) is 5.75 Å². The number of fused-ring (bicyclic) bond motifs is 1. The van der Waals surface area contributed by atoms with Crippen molar-refractivity contribution < 1.29 is 17.9 Å². The van der Waals surface area contributed by atoms with Gasteiger partial charge in [-0.2, -0.15) is 0 Å². The van der Waals surface area contributed by atoms with Gasteiger partial charge < -0.3 is 14.5 Å². The Balaban J connectivity index is 1.39. The first-order chi connectivity index (χ1) is 14.8. The molecular formula is C22H25N3O4S2. The van der Waals surface area contributed by atoms with Crippen molar-refractivity contribution in [2.24, 2.45) is 0 Å². The topological polar surface area (TPSA) is 79.8 Å². The average molecular weight is 460 g/mol. The molecule has 7 nitrogen and oxygen atoms in total. The Labute approximate surface area is 186 Å². The van der Waals surface area contributed by atoms with Crippen LogP contribution in [0, 0.1) is 13.8 Å². The molecule has 31 heavy (non-hydrogen) atoms. The highest BCUT2D eigenvalue weighted by Gasteiger charge is 2.27. The van der Waals surface area contributed by atoms with Crippen molar-refractivity contribution in [1.29, 1.82) is 0 Å². The highest BCUT2D eigenvalue weighted by molar-refractivity contribution is 7.92. The van der Waals surface area contributed by atoms with Gasteiger partial charge in [0, 0.05) is 26.2 Å². The Morgan fingerprint density at radius 3 is 2.35 bits per heavy atom. The van der Waals surface area contributed by atoms with Gasteiger partial charge in [0.25, 0.3) is 0 Å². The third kappa shape index (κ3) is 4.52. The molecule has 1 fully saturated rings. The number of methoxy groups -OCH3 is 1. The van der Waals surface area contributed by atoms with Crippen LogP contribution in [0.4, 0.5) is 5.13 Å². The normalized spacial score (nSPS) is 14.8. The summed E-state index contributed by atoms with van der Waals surface area (Å²) in [5.74, 6) is -0.327. The zero-order valence-electron chi connectivity index (χ0n) is 17.8. The molecule has 0 aliphatic carbocycles. The first-order valence-corrected chi connectivity index (χ1v) is 12.5. The lowest BCUT2D eigenvalue weighted by atomic mass is 10.1. The molecule has 1 aliphatic rings. The number of carbonyl (C=O) groups excluding carboxylic acids is 1. The van der Waals surface area contributed by atoms with E-state index in [9.17, 15) is 13.2 Å². The van der Waals surface area contributed by atoms with Crippen LogP contribution in [0.2, 0.25) is 0 Å². The molecule has 0 saturated carbocycles. The largest absolute Gasteiger partial charge is 0.497 e. The molecule has 0 radical (unpaired) electrons. The number of sulfone groups is 1. The smallest absolute Gasteiger partial charge is 0.238 e. The second kappa shape index (κ2) is 8.47. The number of rotatable bonds is 5. The maximum absolute atomic E-state index is 12.7. The number of amides is 1. The van der Waals surface area contributed by atoms with E-state index in [1.165, 1.54) is 30.4 Å². The van der Waals surface area contributed by atoms with Crippen LogP contribution in [0.3, 0.4) is 0 Å². The standard InChI is InChI=1S/C22H25N3O4S2/c1-15-12-19-20(13-16(15)2)30-22(23-19)25-10-8-24(9-11-25)21(26)14-31(27,28)18-6-4-17(29-3)5-7-18/h4-7,12-13H,8-11,14H2,1-3H3. The number of carbonyl (C=O) groups is 1. The first kappa shape index (κ1) is 21.6. The number of anilines is 1. The number of thiazole rings is 1. The van der Waals surface area contributed by atoms with E-state index < -0.39 is 15.6 Å². The van der Waals surface area contributed by atoms with Crippen molar-refractivity contribution in [3.05, 3.63) is 47.5 Å². The fourth-order valence-electron chi connectivity index (χ4n) is 3.57. The monoisotopic (exact) mass is 459 g/mol. The molecule has 3 aromatic rings. The lowest BCUT2D eigenvalue weighted by Crippen LogP contribution is -2.50. The maximum Gasteiger partial charge on any atom is 0.238 e. The van der Waals surface area contributed by atoms with E-state index in [0.717, 1.165) is 15.3 Å². The second-order valence-electron chi connectivity index (χ2n) is 7.70. The number of benzene rings is 2. The van der Waals surface area contributed by atoms with Gasteiger partial charge in [0.15, 0.2) is 15.0 Å². The minimum absolute atomic E-state index is 0.125. The molecule has 2 aromatic carbocycles. The van der Waals surface area contributed by atoms with Crippen LogP contribution in [0.1, 0.15) is 11.1 Å². The Morgan fingerprint density at radius 1 is 1.06 bits per heavy atom. The minimum atomic E-state index is -3.70. The number of aromatic nitrogens is 1. The molecule has 1 saturated heterocycles. The van der Waals surface area contributed by atoms with Crippen molar-refractivity contribution in [3.63, 3.8) is 0 Å². The van der Waals surface area contributed by atoms with Crippen molar-refractivity contribution in [2.75, 3.05) is 43.9 Å². The Hall–Kier alpha value is -2.65. The van der Waals surface area contributed by atoms with Crippen LogP contribution in [0.25, 0.3) is 10.2 Å². The average Bonchev–Trinajstić information content (AvgIpc) is 3.16. The van der Waals surface area contributed by atoms with Crippen LogP contribution in [-0.2, 0) is 14.6 Å². The van der Waals surface area contributed by atoms with Crippen molar-refractivity contribution >= 4 is 42.4 Å². The van der Waals surface area contributed by atoms with E-state index in [1.54, 1.807) is 28.4 Å². The summed E-state index contributed by atoms with van der Waals surface area (Å²) in [7, 11) is -2.18. The van der Waals surface area contributed by atoms with Gasteiger partial charge in [0.05, 0.1) is 22.2 Å². The fraction of sp³-hybridized carbons (Fsp3) is 0.364. The third-order valence-corrected chi connectivity index (χ3v) is 8.32. The molecule has 164 valence electrons. The molecule has 1 aromatic heterocycles. The van der Waals surface area contributed by atoms with Gasteiger partial charge in [-0.05, 0) is 61.4 Å². The summed E-state index contributed by atoms with van der Waals surface area (Å²) >= 11 is 1.65. The molecule has 0 spiro atoms. The molecule has 4 rings (SSSR count). The molecule has 0 atom stereocenters. The predicted octanol–water partition coefficient (Wildman–Crippen LogP) is 3.04. The van der Waals surface area contributed by atoms with E-state index >= 15 is 0 Å². The van der Waals surface area contributed by atoms with Crippen LogP contribution in [-0.4, -0.2) is 63.3 Å². The van der Waals surface area contributed by atoms with E-state index in [1.807, 2.05) is 0 Å². The first-order valence-electron chi connectivity index (χ1n) is 10.0. The predicted molar refractivity (Wildman–Crippen MR) is 123 cm³/mol. The zero-order valence-corrected chi connectivity index (χ0v) is 19.4. The van der Waals surface area contributed by atoms with Gasteiger partial charge in [0.1, 0.15) is 11.5 Å². The number of nitrogens with zero attached hydrogens (tertiary/aromatic N) is 3. The van der Waals surface area contributed by atoms with Gasteiger partial charge in [-0.25, -0.2) is 13.4 Å². The zero-order chi connectivity index (χ0) is 22.2. The number of ether oxygens (including phenoxy) is 1. The molecule has 1 aliphatic heterocycles. The quantitative estimate of drug-likeness (QED) is 0.584. The molecule has 0 N–H and O–H groups in total. The van der Waals surface area contributed by atoms with Crippen LogP contribution in [0.5, 0.6) is 5.75 Å². The summed E-state index contributed by atoms with van der Waals surface area (Å²) in [6.07, 6.45) is 0. The molecule has 1 amide bonds. The van der Waals surface area contributed by atoms with Crippen LogP contribution in [0.15, 0.2) is 41.3 Å². The second-order valence-corrected chi connectivity index (χ2v) is 10.7. The minimum Gasteiger partial charge on any atom is -0.497 e. The van der Waals surface area contributed by atoms with Gasteiger partial charge >= 0.3 is 0 Å². The molecular weight excluding hydrogens is 434 g/mol. The molecule has 2 heterocycles. The Bertz CT molecular complexity index is 1170. The lowest BCUT2D eigenvalue weighted by molar-refractivity contribution is -0.128. The summed E-state index contributed by atoms with van der Waals surface area (Å²) in [6, 6.07) is 10.4. The van der Waals surface area contributed by atoms with Gasteiger partial charge in [-0.15, -0.1) is 0 Å². The number of piperazine rings is 1. The molecule has 0 bridgehead atoms. The van der Waals surface area contributed by atoms with E-state index in [-0.39, 0.29) is 10.8 Å². The van der Waals surface area contributed by atoms with Crippen LogP contribution < -0.4 is 9.64 Å². The Kier molecular flexibility index (Phi) is 5.90. The van der Waals surface area contributed by atoms with Crippen molar-refractivity contribution in [2.45, 2.75) is 18.7 Å². The van der Waals surface area contributed by atoms with E-state index in [4.69, 9.17) is 9.72 Å². The summed E-state index contributed by atoms with van der Waals surface area (Å²) in [5.41, 5.74) is 3.46. The summed E-state index contributed by atoms with van der Waals surface area (Å²) < 4.78 is 31.4. The van der Waals surface area contributed by atoms with E-state index in [2.05, 4.69) is 30.9 Å². The fourth-order valence-corrected chi connectivity index (χ4v) is 5.89. The van der Waals surface area contributed by atoms with Gasteiger partial charge in [0.2, 0.25) is 5.91 Å². The summed E-state index contributed by atoms with van der Waals surface area (Å²) in [4.78, 5) is 21.3. The maximum atomic E-state index is 12.7. The highest BCUT2D eigenvalue weighted by Crippen LogP contribution is 2.31. The van der Waals surface area contributed by atoms with Gasteiger partial charge in [-0.3, -0.25) is 4.79 Å². The SMILES string of the molecule is COc1ccc(S(=O)(=O)CC(=O)N2CCN(c3nc4cc(C)c(C)cc4s3)CC2)cc1. The number of hydrogen-bond donors (Lipinski definition) is 0. The third-order valence-electron chi connectivity index (χ3n) is 5.63. The summed E-state index contributed by atoms with van der Waals surface area (Å²) in [5, 5.41) is 0.943. The van der Waals surface area contributed by atoms with E-state index in [0.29, 0.717) is 31.9 Å². The molecule has 9 heteroatoms. The van der Waals surface area contributed by atoms with Crippen molar-refractivity contribution in [1.82, 2.24) is 9.88 Å². The number of hydrogen-bond acceptors (Lipinski definition) is 7. The Morgan fingerprint density at radius 2 is 1.71 bits per heavy atom.